The van der Waals surface area contributed by atoms with Crippen molar-refractivity contribution in [2.24, 2.45) is 5.73 Å². The molecule has 1 aromatic carbocycles. The van der Waals surface area contributed by atoms with Crippen LogP contribution in [-0.2, 0) is 5.54 Å². The molecule has 0 amide bonds. The van der Waals surface area contributed by atoms with E-state index in [9.17, 15) is 0 Å². The van der Waals surface area contributed by atoms with Gasteiger partial charge in [0.2, 0.25) is 0 Å². The van der Waals surface area contributed by atoms with Crippen molar-refractivity contribution >= 4 is 0 Å². The minimum atomic E-state index is -0.331. The van der Waals surface area contributed by atoms with Crippen LogP contribution >= 0.6 is 0 Å². The fraction of sp³-hybridized carbons (Fsp3) is 0.667. The van der Waals surface area contributed by atoms with Crippen molar-refractivity contribution in [3.05, 3.63) is 29.8 Å². The molecular formula is C18H32N2O. The van der Waals surface area contributed by atoms with Gasteiger partial charge >= 0.3 is 0 Å². The molecule has 0 radical (unpaired) electrons. The Hall–Kier alpha value is -1.06. The molecule has 0 fully saturated rings. The van der Waals surface area contributed by atoms with E-state index >= 15 is 0 Å². The summed E-state index contributed by atoms with van der Waals surface area (Å²) in [7, 11) is 5.98. The van der Waals surface area contributed by atoms with Gasteiger partial charge in [0.15, 0.2) is 0 Å². The van der Waals surface area contributed by atoms with Gasteiger partial charge in [-0.05, 0) is 44.6 Å². The Balaban J connectivity index is 3.19. The summed E-state index contributed by atoms with van der Waals surface area (Å²) >= 11 is 0. The number of unbranched alkanes of at least 4 members (excludes halogenated alkanes) is 1. The summed E-state index contributed by atoms with van der Waals surface area (Å²) in [4.78, 5) is 2.28. The summed E-state index contributed by atoms with van der Waals surface area (Å²) in [5.74, 6) is 0.881. The first kappa shape index (κ1) is 18.0. The van der Waals surface area contributed by atoms with E-state index in [4.69, 9.17) is 10.5 Å². The van der Waals surface area contributed by atoms with Gasteiger partial charge in [0.05, 0.1) is 12.6 Å². The largest absolute Gasteiger partial charge is 0.497 e. The van der Waals surface area contributed by atoms with Crippen LogP contribution in [0.1, 0.15) is 51.5 Å². The van der Waals surface area contributed by atoms with E-state index in [0.29, 0.717) is 6.04 Å². The topological polar surface area (TPSA) is 38.5 Å². The van der Waals surface area contributed by atoms with Crippen LogP contribution in [0.4, 0.5) is 0 Å². The highest BCUT2D eigenvalue weighted by molar-refractivity contribution is 5.34. The summed E-state index contributed by atoms with van der Waals surface area (Å²) < 4.78 is 5.38. The molecule has 0 aliphatic heterocycles. The van der Waals surface area contributed by atoms with E-state index in [1.807, 2.05) is 12.1 Å². The lowest BCUT2D eigenvalue weighted by atomic mass is 9.77. The Morgan fingerprint density at radius 2 is 1.95 bits per heavy atom. The number of likely N-dealkylation sites (N-methyl/N-ethyl adjacent to an activating group) is 1. The number of benzene rings is 1. The van der Waals surface area contributed by atoms with Gasteiger partial charge in [-0.15, -0.1) is 0 Å². The molecule has 3 heteroatoms. The quantitative estimate of drug-likeness (QED) is 0.753. The van der Waals surface area contributed by atoms with Crippen molar-refractivity contribution in [1.29, 1.82) is 0 Å². The molecule has 0 aromatic heterocycles. The van der Waals surface area contributed by atoms with Gasteiger partial charge in [-0.3, -0.25) is 0 Å². The number of methoxy groups -OCH3 is 1. The smallest absolute Gasteiger partial charge is 0.119 e. The van der Waals surface area contributed by atoms with Crippen molar-refractivity contribution in [2.75, 3.05) is 21.2 Å². The van der Waals surface area contributed by atoms with E-state index < -0.39 is 0 Å². The third kappa shape index (κ3) is 4.45. The van der Waals surface area contributed by atoms with Crippen LogP contribution in [0.2, 0.25) is 0 Å². The summed E-state index contributed by atoms with van der Waals surface area (Å²) in [6, 6.07) is 8.59. The van der Waals surface area contributed by atoms with Crippen LogP contribution in [0.3, 0.4) is 0 Å². The molecule has 3 nitrogen and oxygen atoms in total. The second-order valence-electron chi connectivity index (χ2n) is 6.14. The molecule has 0 spiro atoms. The highest BCUT2D eigenvalue weighted by Gasteiger charge is 2.37. The maximum Gasteiger partial charge on any atom is 0.119 e. The van der Waals surface area contributed by atoms with Crippen molar-refractivity contribution in [3.8, 4) is 5.75 Å². The molecule has 1 aromatic rings. The van der Waals surface area contributed by atoms with Crippen LogP contribution in [0, 0.1) is 0 Å². The second kappa shape index (κ2) is 8.40. The molecule has 0 saturated heterocycles. The maximum atomic E-state index is 6.94. The van der Waals surface area contributed by atoms with Gasteiger partial charge in [-0.25, -0.2) is 0 Å². The molecule has 1 rings (SSSR count). The first-order valence-corrected chi connectivity index (χ1v) is 8.09. The van der Waals surface area contributed by atoms with E-state index in [1.165, 1.54) is 18.4 Å². The van der Waals surface area contributed by atoms with Crippen LogP contribution in [0.25, 0.3) is 0 Å². The van der Waals surface area contributed by atoms with E-state index in [2.05, 4.69) is 45.0 Å². The molecule has 2 atom stereocenters. The first-order chi connectivity index (χ1) is 9.99. The van der Waals surface area contributed by atoms with Gasteiger partial charge in [0.1, 0.15) is 5.75 Å². The molecule has 2 unspecified atom stereocenters. The average Bonchev–Trinajstić information content (AvgIpc) is 2.47. The predicted octanol–water partition coefficient (Wildman–Crippen LogP) is 3.77. The normalized spacial score (nSPS) is 15.8. The average molecular weight is 292 g/mol. The van der Waals surface area contributed by atoms with Crippen LogP contribution in [-0.4, -0.2) is 32.1 Å². The number of hydrogen-bond acceptors (Lipinski definition) is 3. The zero-order valence-electron chi connectivity index (χ0n) is 14.4. The standard InChI is InChI=1S/C18H32N2O/c1-6-8-12-17(20(3)4)18(19,13-7-2)15-10-9-11-16(14-15)21-5/h9-11,14,17H,6-8,12-13,19H2,1-5H3. The van der Waals surface area contributed by atoms with Crippen LogP contribution in [0.15, 0.2) is 24.3 Å². The van der Waals surface area contributed by atoms with Gasteiger partial charge in [0, 0.05) is 6.04 Å². The van der Waals surface area contributed by atoms with Crippen molar-refractivity contribution < 1.29 is 4.74 Å². The molecule has 0 aliphatic carbocycles. The Bertz CT molecular complexity index is 419. The summed E-state index contributed by atoms with van der Waals surface area (Å²) in [5, 5.41) is 0. The highest BCUT2D eigenvalue weighted by Crippen LogP contribution is 2.34. The van der Waals surface area contributed by atoms with Crippen molar-refractivity contribution in [1.82, 2.24) is 4.90 Å². The lowest BCUT2D eigenvalue weighted by molar-refractivity contribution is 0.151. The predicted molar refractivity (Wildman–Crippen MR) is 90.8 cm³/mol. The fourth-order valence-electron chi connectivity index (χ4n) is 3.20. The van der Waals surface area contributed by atoms with E-state index in [1.54, 1.807) is 7.11 Å². The Morgan fingerprint density at radius 1 is 1.24 bits per heavy atom. The lowest BCUT2D eigenvalue weighted by Crippen LogP contribution is -2.54. The van der Waals surface area contributed by atoms with E-state index in [0.717, 1.165) is 25.0 Å². The van der Waals surface area contributed by atoms with Gasteiger partial charge in [0.25, 0.3) is 0 Å². The Labute approximate surface area is 130 Å². The molecule has 2 N–H and O–H groups in total. The maximum absolute atomic E-state index is 6.94. The minimum Gasteiger partial charge on any atom is -0.497 e. The molecule has 0 bridgehead atoms. The number of ether oxygens (including phenoxy) is 1. The van der Waals surface area contributed by atoms with Crippen molar-refractivity contribution in [2.45, 2.75) is 57.5 Å². The second-order valence-corrected chi connectivity index (χ2v) is 6.14. The zero-order chi connectivity index (χ0) is 15.9. The van der Waals surface area contributed by atoms with Gasteiger partial charge in [-0.1, -0.05) is 45.2 Å². The summed E-state index contributed by atoms with van der Waals surface area (Å²) in [6.07, 6.45) is 5.58. The van der Waals surface area contributed by atoms with Crippen LogP contribution in [0.5, 0.6) is 5.75 Å². The number of rotatable bonds is 9. The Morgan fingerprint density at radius 3 is 2.48 bits per heavy atom. The molecule has 0 aliphatic rings. The van der Waals surface area contributed by atoms with Gasteiger partial charge < -0.3 is 15.4 Å². The first-order valence-electron chi connectivity index (χ1n) is 8.09. The zero-order valence-corrected chi connectivity index (χ0v) is 14.4. The Kier molecular flexibility index (Phi) is 7.20. The number of nitrogens with zero attached hydrogens (tertiary/aromatic N) is 1. The molecular weight excluding hydrogens is 260 g/mol. The number of hydrogen-bond donors (Lipinski definition) is 1. The van der Waals surface area contributed by atoms with Crippen LogP contribution < -0.4 is 10.5 Å². The third-order valence-corrected chi connectivity index (χ3v) is 4.32. The SMILES string of the molecule is CCCCC(N(C)C)C(N)(CCC)c1cccc(OC)c1. The molecule has 0 saturated carbocycles. The monoisotopic (exact) mass is 292 g/mol. The number of nitrogens with two attached hydrogens (primary N) is 1. The van der Waals surface area contributed by atoms with E-state index in [-0.39, 0.29) is 5.54 Å². The lowest BCUT2D eigenvalue weighted by Gasteiger charge is -2.42. The fourth-order valence-corrected chi connectivity index (χ4v) is 3.20. The minimum absolute atomic E-state index is 0.331. The third-order valence-electron chi connectivity index (χ3n) is 4.32. The molecule has 120 valence electrons. The molecule has 21 heavy (non-hydrogen) atoms. The molecule has 0 heterocycles. The summed E-state index contributed by atoms with van der Waals surface area (Å²) in [5.41, 5.74) is 7.79. The highest BCUT2D eigenvalue weighted by atomic mass is 16.5. The van der Waals surface area contributed by atoms with Crippen molar-refractivity contribution in [3.63, 3.8) is 0 Å². The summed E-state index contributed by atoms with van der Waals surface area (Å²) in [6.45, 7) is 4.44. The van der Waals surface area contributed by atoms with Gasteiger partial charge in [-0.2, -0.15) is 0 Å².